The highest BCUT2D eigenvalue weighted by Gasteiger charge is 2.20. The summed E-state index contributed by atoms with van der Waals surface area (Å²) in [5.41, 5.74) is 4.93. The molecular weight excluding hydrogens is 200 g/mol. The number of hydrogen-bond donors (Lipinski definition) is 1. The van der Waals surface area contributed by atoms with E-state index in [1.165, 1.54) is 11.3 Å². The zero-order valence-corrected chi connectivity index (χ0v) is 9.35. The molecule has 0 aliphatic carbocycles. The summed E-state index contributed by atoms with van der Waals surface area (Å²) in [7, 11) is 0. The second kappa shape index (κ2) is 4.06. The number of thiazole rings is 1. The molecule has 1 rings (SSSR count). The molecule has 0 aliphatic rings. The first-order chi connectivity index (χ1) is 6.42. The topological polar surface area (TPSA) is 65.2 Å². The first kappa shape index (κ1) is 11.1. The molecule has 78 valence electrons. The Bertz CT molecular complexity index is 328. The number of nitrogens with two attached hydrogens (primary N) is 1. The zero-order valence-electron chi connectivity index (χ0n) is 8.53. The van der Waals surface area contributed by atoms with E-state index in [-0.39, 0.29) is 5.97 Å². The molecular formula is C9H14N2O2S. The van der Waals surface area contributed by atoms with Crippen molar-refractivity contribution in [2.75, 3.05) is 0 Å². The van der Waals surface area contributed by atoms with Crippen molar-refractivity contribution in [2.45, 2.75) is 32.9 Å². The van der Waals surface area contributed by atoms with Crippen molar-refractivity contribution in [1.29, 1.82) is 0 Å². The van der Waals surface area contributed by atoms with Crippen LogP contribution in [0, 0.1) is 0 Å². The van der Waals surface area contributed by atoms with Gasteiger partial charge in [-0.25, -0.2) is 9.78 Å². The minimum atomic E-state index is -0.481. The van der Waals surface area contributed by atoms with Gasteiger partial charge < -0.3 is 10.5 Å². The van der Waals surface area contributed by atoms with Crippen molar-refractivity contribution in [1.82, 2.24) is 4.98 Å². The fraction of sp³-hybridized carbons (Fsp3) is 0.556. The van der Waals surface area contributed by atoms with Crippen LogP contribution in [0.15, 0.2) is 6.20 Å². The van der Waals surface area contributed by atoms with Gasteiger partial charge in [-0.05, 0) is 20.8 Å². The molecule has 0 bridgehead atoms. The standard InChI is InChI=1S/C9H14N2O2S/c1-9(2,3)13-8(12)7-11-5-6(4-10)14-7/h5H,4,10H2,1-3H3. The Morgan fingerprint density at radius 1 is 1.64 bits per heavy atom. The number of nitrogens with zero attached hydrogens (tertiary/aromatic N) is 1. The summed E-state index contributed by atoms with van der Waals surface area (Å²) < 4.78 is 5.15. The predicted octanol–water partition coefficient (Wildman–Crippen LogP) is 1.56. The van der Waals surface area contributed by atoms with Crippen LogP contribution in [0.5, 0.6) is 0 Å². The lowest BCUT2D eigenvalue weighted by Gasteiger charge is -2.18. The van der Waals surface area contributed by atoms with Crippen LogP contribution in [-0.2, 0) is 11.3 Å². The minimum Gasteiger partial charge on any atom is -0.455 e. The van der Waals surface area contributed by atoms with Crippen LogP contribution in [0.1, 0.15) is 35.5 Å². The molecule has 0 saturated heterocycles. The van der Waals surface area contributed by atoms with Gasteiger partial charge in [-0.1, -0.05) is 0 Å². The first-order valence-corrected chi connectivity index (χ1v) is 5.12. The van der Waals surface area contributed by atoms with Crippen molar-refractivity contribution in [2.24, 2.45) is 5.73 Å². The maximum atomic E-state index is 11.5. The smallest absolute Gasteiger partial charge is 0.367 e. The molecule has 0 spiro atoms. The van der Waals surface area contributed by atoms with E-state index in [9.17, 15) is 4.79 Å². The van der Waals surface area contributed by atoms with Crippen molar-refractivity contribution in [3.05, 3.63) is 16.1 Å². The number of ether oxygens (including phenoxy) is 1. The number of esters is 1. The molecule has 2 N–H and O–H groups in total. The monoisotopic (exact) mass is 214 g/mol. The Morgan fingerprint density at radius 2 is 2.29 bits per heavy atom. The van der Waals surface area contributed by atoms with Gasteiger partial charge in [-0.15, -0.1) is 11.3 Å². The fourth-order valence-electron chi connectivity index (χ4n) is 0.818. The molecule has 0 aliphatic heterocycles. The van der Waals surface area contributed by atoms with E-state index in [2.05, 4.69) is 4.98 Å². The Kier molecular flexibility index (Phi) is 3.23. The molecule has 1 heterocycles. The van der Waals surface area contributed by atoms with E-state index in [1.807, 2.05) is 20.8 Å². The molecule has 4 nitrogen and oxygen atoms in total. The molecule has 1 aromatic heterocycles. The number of carbonyl (C=O) groups is 1. The van der Waals surface area contributed by atoms with Gasteiger partial charge in [-0.2, -0.15) is 0 Å². The van der Waals surface area contributed by atoms with Crippen LogP contribution in [0.4, 0.5) is 0 Å². The van der Waals surface area contributed by atoms with Crippen LogP contribution >= 0.6 is 11.3 Å². The van der Waals surface area contributed by atoms with Gasteiger partial charge in [0.2, 0.25) is 5.01 Å². The SMILES string of the molecule is CC(C)(C)OC(=O)c1ncc(CN)s1. The lowest BCUT2D eigenvalue weighted by molar-refractivity contribution is 0.00692. The molecule has 0 atom stereocenters. The third-order valence-corrected chi connectivity index (χ3v) is 2.33. The van der Waals surface area contributed by atoms with E-state index in [1.54, 1.807) is 6.20 Å². The summed E-state index contributed by atoms with van der Waals surface area (Å²) in [4.78, 5) is 16.3. The zero-order chi connectivity index (χ0) is 10.8. The molecule has 0 saturated carbocycles. The summed E-state index contributed by atoms with van der Waals surface area (Å²) in [6.45, 7) is 5.87. The summed E-state index contributed by atoms with van der Waals surface area (Å²) >= 11 is 1.27. The van der Waals surface area contributed by atoms with Crippen molar-refractivity contribution in [3.63, 3.8) is 0 Å². The summed E-state index contributed by atoms with van der Waals surface area (Å²) in [5, 5.41) is 0.361. The Labute approximate surface area is 87.1 Å². The number of aromatic nitrogens is 1. The van der Waals surface area contributed by atoms with Crippen LogP contribution in [0.25, 0.3) is 0 Å². The third-order valence-electron chi connectivity index (χ3n) is 1.33. The highest BCUT2D eigenvalue weighted by molar-refractivity contribution is 7.13. The van der Waals surface area contributed by atoms with Crippen LogP contribution in [-0.4, -0.2) is 16.6 Å². The second-order valence-electron chi connectivity index (χ2n) is 3.84. The summed E-state index contributed by atoms with van der Waals surface area (Å²) in [6, 6.07) is 0. The molecule has 0 radical (unpaired) electrons. The highest BCUT2D eigenvalue weighted by Crippen LogP contribution is 2.16. The quantitative estimate of drug-likeness (QED) is 0.759. The molecule has 0 amide bonds. The molecule has 0 fully saturated rings. The fourth-order valence-corrected chi connectivity index (χ4v) is 1.49. The third kappa shape index (κ3) is 3.08. The normalized spacial score (nSPS) is 11.4. The van der Waals surface area contributed by atoms with Gasteiger partial charge >= 0.3 is 5.97 Å². The van der Waals surface area contributed by atoms with E-state index in [4.69, 9.17) is 10.5 Å². The molecule has 5 heteroatoms. The Morgan fingerprint density at radius 3 is 2.71 bits per heavy atom. The summed E-state index contributed by atoms with van der Waals surface area (Å²) in [6.07, 6.45) is 1.60. The van der Waals surface area contributed by atoms with E-state index < -0.39 is 5.60 Å². The van der Waals surface area contributed by atoms with Crippen molar-refractivity contribution < 1.29 is 9.53 Å². The predicted molar refractivity (Wildman–Crippen MR) is 55.2 cm³/mol. The van der Waals surface area contributed by atoms with Crippen molar-refractivity contribution >= 4 is 17.3 Å². The van der Waals surface area contributed by atoms with Gasteiger partial charge in [0.1, 0.15) is 5.60 Å². The highest BCUT2D eigenvalue weighted by atomic mass is 32.1. The largest absolute Gasteiger partial charge is 0.455 e. The molecule has 1 aromatic rings. The van der Waals surface area contributed by atoms with Crippen molar-refractivity contribution in [3.8, 4) is 0 Å². The number of hydrogen-bond acceptors (Lipinski definition) is 5. The number of rotatable bonds is 2. The average Bonchev–Trinajstić information content (AvgIpc) is 2.48. The maximum absolute atomic E-state index is 11.5. The molecule has 14 heavy (non-hydrogen) atoms. The van der Waals surface area contributed by atoms with Crippen LogP contribution in [0.2, 0.25) is 0 Å². The molecule has 0 aromatic carbocycles. The van der Waals surface area contributed by atoms with Crippen LogP contribution < -0.4 is 5.73 Å². The second-order valence-corrected chi connectivity index (χ2v) is 4.95. The van der Waals surface area contributed by atoms with Gasteiger partial charge in [0.25, 0.3) is 0 Å². The van der Waals surface area contributed by atoms with E-state index >= 15 is 0 Å². The van der Waals surface area contributed by atoms with Gasteiger partial charge in [-0.3, -0.25) is 0 Å². The average molecular weight is 214 g/mol. The maximum Gasteiger partial charge on any atom is 0.367 e. The first-order valence-electron chi connectivity index (χ1n) is 4.30. The summed E-state index contributed by atoms with van der Waals surface area (Å²) in [5.74, 6) is -0.387. The Hall–Kier alpha value is -0.940. The lowest BCUT2D eigenvalue weighted by atomic mass is 10.2. The minimum absolute atomic E-state index is 0.361. The molecule has 0 unspecified atom stereocenters. The lowest BCUT2D eigenvalue weighted by Crippen LogP contribution is -2.23. The van der Waals surface area contributed by atoms with E-state index in [0.29, 0.717) is 11.6 Å². The van der Waals surface area contributed by atoms with Gasteiger partial charge in [0, 0.05) is 17.6 Å². The Balaban J connectivity index is 2.70. The van der Waals surface area contributed by atoms with Crippen LogP contribution in [0.3, 0.4) is 0 Å². The van der Waals surface area contributed by atoms with Gasteiger partial charge in [0.05, 0.1) is 0 Å². The van der Waals surface area contributed by atoms with E-state index in [0.717, 1.165) is 4.88 Å². The van der Waals surface area contributed by atoms with Gasteiger partial charge in [0.15, 0.2) is 0 Å². The number of carbonyl (C=O) groups excluding carboxylic acids is 1.